The third-order valence-corrected chi connectivity index (χ3v) is 3.25. The van der Waals surface area contributed by atoms with Gasteiger partial charge in [0.2, 0.25) is 11.8 Å². The third kappa shape index (κ3) is 5.88. The van der Waals surface area contributed by atoms with Crippen LogP contribution in [-0.2, 0) is 11.3 Å². The molecule has 3 N–H and O–H groups in total. The zero-order chi connectivity index (χ0) is 15.9. The van der Waals surface area contributed by atoms with Crippen LogP contribution < -0.4 is 15.8 Å². The van der Waals surface area contributed by atoms with Crippen molar-refractivity contribution < 1.29 is 9.53 Å². The Balaban J connectivity index is 0.00000264. The number of amides is 1. The van der Waals surface area contributed by atoms with Gasteiger partial charge in [-0.3, -0.25) is 4.79 Å². The van der Waals surface area contributed by atoms with Crippen LogP contribution in [-0.4, -0.2) is 16.9 Å². The highest BCUT2D eigenvalue weighted by Crippen LogP contribution is 2.18. The number of hydrogen-bond acceptors (Lipinski definition) is 4. The Morgan fingerprint density at radius 2 is 1.91 bits per heavy atom. The minimum atomic E-state index is -0.492. The summed E-state index contributed by atoms with van der Waals surface area (Å²) in [6.45, 7) is 4.24. The molecule has 124 valence electrons. The SMILES string of the molecule is CC(C)[C@H](N)C(=O)NCc1ccc(Oc2ccccc2)nc1.Cl. The van der Waals surface area contributed by atoms with Crippen LogP contribution in [0, 0.1) is 5.92 Å². The highest BCUT2D eigenvalue weighted by atomic mass is 35.5. The lowest BCUT2D eigenvalue weighted by molar-refractivity contribution is -0.123. The monoisotopic (exact) mass is 335 g/mol. The molecule has 1 heterocycles. The fourth-order valence-electron chi connectivity index (χ4n) is 1.79. The van der Waals surface area contributed by atoms with Gasteiger partial charge >= 0.3 is 0 Å². The first-order valence-electron chi connectivity index (χ1n) is 7.27. The second-order valence-electron chi connectivity index (χ2n) is 5.41. The van der Waals surface area contributed by atoms with Crippen molar-refractivity contribution in [3.05, 3.63) is 54.2 Å². The van der Waals surface area contributed by atoms with E-state index >= 15 is 0 Å². The number of ether oxygens (including phenoxy) is 1. The summed E-state index contributed by atoms with van der Waals surface area (Å²) in [5, 5.41) is 2.80. The summed E-state index contributed by atoms with van der Waals surface area (Å²) in [5.74, 6) is 1.21. The molecule has 2 aromatic rings. The second kappa shape index (κ2) is 9.12. The zero-order valence-electron chi connectivity index (χ0n) is 13.2. The predicted octanol–water partition coefficient (Wildman–Crippen LogP) is 2.90. The number of carbonyl (C=O) groups excluding carboxylic acids is 1. The molecule has 1 amide bonds. The highest BCUT2D eigenvalue weighted by molar-refractivity contribution is 5.85. The van der Waals surface area contributed by atoms with Crippen LogP contribution >= 0.6 is 12.4 Å². The van der Waals surface area contributed by atoms with E-state index in [-0.39, 0.29) is 24.2 Å². The Morgan fingerprint density at radius 1 is 1.22 bits per heavy atom. The van der Waals surface area contributed by atoms with Crippen LogP contribution in [0.2, 0.25) is 0 Å². The molecule has 0 saturated heterocycles. The van der Waals surface area contributed by atoms with Gasteiger partial charge in [0.05, 0.1) is 6.04 Å². The number of benzene rings is 1. The molecular formula is C17H22ClN3O2. The number of nitrogens with two attached hydrogens (primary N) is 1. The molecule has 0 radical (unpaired) electrons. The molecule has 1 aromatic heterocycles. The number of nitrogens with one attached hydrogen (secondary N) is 1. The summed E-state index contributed by atoms with van der Waals surface area (Å²) in [7, 11) is 0. The van der Waals surface area contributed by atoms with Gasteiger partial charge in [0.15, 0.2) is 0 Å². The van der Waals surface area contributed by atoms with Crippen LogP contribution in [0.3, 0.4) is 0 Å². The van der Waals surface area contributed by atoms with Crippen molar-refractivity contribution in [1.82, 2.24) is 10.3 Å². The molecule has 0 saturated carbocycles. The molecule has 0 spiro atoms. The lowest BCUT2D eigenvalue weighted by atomic mass is 10.1. The molecule has 0 fully saturated rings. The third-order valence-electron chi connectivity index (χ3n) is 3.25. The highest BCUT2D eigenvalue weighted by Gasteiger charge is 2.16. The van der Waals surface area contributed by atoms with E-state index in [4.69, 9.17) is 10.5 Å². The Kier molecular flexibility index (Phi) is 7.51. The molecule has 0 aliphatic carbocycles. The maximum Gasteiger partial charge on any atom is 0.237 e. The van der Waals surface area contributed by atoms with Crippen molar-refractivity contribution in [2.45, 2.75) is 26.4 Å². The Hall–Kier alpha value is -2.11. The standard InChI is InChI=1S/C17H21N3O2.ClH/c1-12(2)16(18)17(21)20-11-13-8-9-15(19-10-13)22-14-6-4-3-5-7-14;/h3-10,12,16H,11,18H2,1-2H3,(H,20,21);1H/t16-;/m0./s1. The first-order valence-corrected chi connectivity index (χ1v) is 7.27. The van der Waals surface area contributed by atoms with Gasteiger partial charge < -0.3 is 15.8 Å². The fourth-order valence-corrected chi connectivity index (χ4v) is 1.79. The molecule has 0 aliphatic heterocycles. The molecule has 2 rings (SSSR count). The smallest absolute Gasteiger partial charge is 0.237 e. The van der Waals surface area contributed by atoms with Gasteiger partial charge in [0.25, 0.3) is 0 Å². The molecule has 6 heteroatoms. The van der Waals surface area contributed by atoms with Gasteiger partial charge in [-0.1, -0.05) is 38.1 Å². The van der Waals surface area contributed by atoms with Crippen LogP contribution in [0.15, 0.2) is 48.7 Å². The van der Waals surface area contributed by atoms with Crippen LogP contribution in [0.25, 0.3) is 0 Å². The number of para-hydroxylation sites is 1. The molecule has 0 unspecified atom stereocenters. The van der Waals surface area contributed by atoms with Crippen molar-refractivity contribution in [3.63, 3.8) is 0 Å². The van der Waals surface area contributed by atoms with E-state index in [1.807, 2.05) is 50.2 Å². The summed E-state index contributed by atoms with van der Waals surface area (Å²) in [6, 6.07) is 12.6. The topological polar surface area (TPSA) is 77.2 Å². The number of rotatable bonds is 6. The summed E-state index contributed by atoms with van der Waals surface area (Å²) in [6.07, 6.45) is 1.68. The van der Waals surface area contributed by atoms with Gasteiger partial charge in [-0.15, -0.1) is 12.4 Å². The molecule has 1 atom stereocenters. The van der Waals surface area contributed by atoms with Crippen molar-refractivity contribution in [2.75, 3.05) is 0 Å². The lowest BCUT2D eigenvalue weighted by Crippen LogP contribution is -2.43. The van der Waals surface area contributed by atoms with Gasteiger partial charge in [-0.25, -0.2) is 4.98 Å². The first-order chi connectivity index (χ1) is 10.6. The van der Waals surface area contributed by atoms with Gasteiger partial charge in [0.1, 0.15) is 5.75 Å². The van der Waals surface area contributed by atoms with Crippen LogP contribution in [0.5, 0.6) is 11.6 Å². The van der Waals surface area contributed by atoms with Crippen molar-refractivity contribution in [3.8, 4) is 11.6 Å². The lowest BCUT2D eigenvalue weighted by Gasteiger charge is -2.15. The average Bonchev–Trinajstić information content (AvgIpc) is 2.54. The Morgan fingerprint density at radius 3 is 2.48 bits per heavy atom. The maximum absolute atomic E-state index is 11.8. The summed E-state index contributed by atoms with van der Waals surface area (Å²) in [5.41, 5.74) is 6.68. The summed E-state index contributed by atoms with van der Waals surface area (Å²) < 4.78 is 5.61. The number of carbonyl (C=O) groups is 1. The molecule has 0 bridgehead atoms. The van der Waals surface area contributed by atoms with Gasteiger partial charge in [0, 0.05) is 18.8 Å². The predicted molar refractivity (Wildman–Crippen MR) is 92.7 cm³/mol. The molecule has 1 aromatic carbocycles. The maximum atomic E-state index is 11.8. The van der Waals surface area contributed by atoms with Crippen molar-refractivity contribution in [2.24, 2.45) is 11.7 Å². The fraction of sp³-hybridized carbons (Fsp3) is 0.294. The minimum absolute atomic E-state index is 0. The number of halogens is 1. The van der Waals surface area contributed by atoms with Gasteiger partial charge in [-0.05, 0) is 23.6 Å². The normalized spacial score (nSPS) is 11.5. The van der Waals surface area contributed by atoms with E-state index in [1.54, 1.807) is 12.3 Å². The molecular weight excluding hydrogens is 314 g/mol. The first kappa shape index (κ1) is 18.9. The van der Waals surface area contributed by atoms with E-state index in [9.17, 15) is 4.79 Å². The summed E-state index contributed by atoms with van der Waals surface area (Å²) >= 11 is 0. The van der Waals surface area contributed by atoms with E-state index in [1.165, 1.54) is 0 Å². The number of pyridine rings is 1. The quantitative estimate of drug-likeness (QED) is 0.851. The Labute approximate surface area is 142 Å². The number of nitrogens with zero attached hydrogens (tertiary/aromatic N) is 1. The average molecular weight is 336 g/mol. The molecule has 23 heavy (non-hydrogen) atoms. The molecule has 5 nitrogen and oxygen atoms in total. The number of aromatic nitrogens is 1. The molecule has 0 aliphatic rings. The second-order valence-corrected chi connectivity index (χ2v) is 5.41. The van der Waals surface area contributed by atoms with Crippen LogP contribution in [0.4, 0.5) is 0 Å². The van der Waals surface area contributed by atoms with Crippen molar-refractivity contribution >= 4 is 18.3 Å². The van der Waals surface area contributed by atoms with Gasteiger partial charge in [-0.2, -0.15) is 0 Å². The number of hydrogen-bond donors (Lipinski definition) is 2. The zero-order valence-corrected chi connectivity index (χ0v) is 14.0. The largest absolute Gasteiger partial charge is 0.439 e. The minimum Gasteiger partial charge on any atom is -0.439 e. The van der Waals surface area contributed by atoms with E-state index in [0.717, 1.165) is 11.3 Å². The van der Waals surface area contributed by atoms with Crippen molar-refractivity contribution in [1.29, 1.82) is 0 Å². The van der Waals surface area contributed by atoms with Crippen LogP contribution in [0.1, 0.15) is 19.4 Å². The summed E-state index contributed by atoms with van der Waals surface area (Å²) in [4.78, 5) is 16.0. The Bertz CT molecular complexity index is 603. The van der Waals surface area contributed by atoms with E-state index < -0.39 is 6.04 Å². The van der Waals surface area contributed by atoms with E-state index in [0.29, 0.717) is 12.4 Å². The van der Waals surface area contributed by atoms with E-state index in [2.05, 4.69) is 10.3 Å².